The molecule has 1 fully saturated rings. The van der Waals surface area contributed by atoms with Crippen LogP contribution in [0.1, 0.15) is 31.7 Å². The normalized spacial score (nSPS) is 22.0. The van der Waals surface area contributed by atoms with Gasteiger partial charge in [-0.25, -0.2) is 9.78 Å². The lowest BCUT2D eigenvalue weighted by molar-refractivity contribution is 0.109. The van der Waals surface area contributed by atoms with Crippen LogP contribution in [0.5, 0.6) is 0 Å². The quantitative estimate of drug-likeness (QED) is 0.850. The van der Waals surface area contributed by atoms with E-state index in [1.165, 1.54) is 7.05 Å². The zero-order chi connectivity index (χ0) is 15.9. The third-order valence-electron chi connectivity index (χ3n) is 4.17. The lowest BCUT2D eigenvalue weighted by Crippen LogP contribution is -2.25. The summed E-state index contributed by atoms with van der Waals surface area (Å²) in [7, 11) is 1.46. The van der Waals surface area contributed by atoms with E-state index in [-0.39, 0.29) is 12.1 Å². The Labute approximate surface area is 135 Å². The van der Waals surface area contributed by atoms with E-state index in [1.54, 1.807) is 12.3 Å². The van der Waals surface area contributed by atoms with Crippen LogP contribution in [0, 0.1) is 0 Å². The van der Waals surface area contributed by atoms with E-state index in [0.717, 1.165) is 41.5 Å². The Hall–Kier alpha value is -1.67. The van der Waals surface area contributed by atoms with Gasteiger partial charge in [-0.05, 0) is 41.6 Å². The van der Waals surface area contributed by atoms with E-state index in [2.05, 4.69) is 26.0 Å². The summed E-state index contributed by atoms with van der Waals surface area (Å²) in [6, 6.07) is 1.95. The van der Waals surface area contributed by atoms with Crippen LogP contribution in [0.15, 0.2) is 16.9 Å². The molecule has 0 saturated heterocycles. The van der Waals surface area contributed by atoms with Crippen molar-refractivity contribution in [3.05, 3.63) is 16.9 Å². The molecule has 7 nitrogen and oxygen atoms in total. The molecular weight excluding hydrogens is 352 g/mol. The number of aliphatic hydroxyl groups is 1. The maximum atomic E-state index is 11.1. The summed E-state index contributed by atoms with van der Waals surface area (Å²) < 4.78 is 2.62. The van der Waals surface area contributed by atoms with Crippen molar-refractivity contribution in [2.75, 3.05) is 11.9 Å². The zero-order valence-corrected chi connectivity index (χ0v) is 13.7. The number of nitrogens with zero attached hydrogens (tertiary/aromatic N) is 4. The van der Waals surface area contributed by atoms with Gasteiger partial charge in [0.1, 0.15) is 10.4 Å². The molecule has 2 N–H and O–H groups in total. The topological polar surface area (TPSA) is 91.5 Å². The number of fused-ring (bicyclic) bond motifs is 1. The number of carboxylic acid groups (broad SMARTS) is 1. The Kier molecular flexibility index (Phi) is 4.05. The maximum Gasteiger partial charge on any atom is 0.412 e. The molecule has 0 spiro atoms. The number of aromatic nitrogens is 3. The molecule has 0 atom stereocenters. The molecule has 0 bridgehead atoms. The first kappa shape index (κ1) is 15.2. The first-order valence-electron chi connectivity index (χ1n) is 7.16. The smallest absolute Gasteiger partial charge is 0.412 e. The van der Waals surface area contributed by atoms with Gasteiger partial charge in [0.15, 0.2) is 0 Å². The Bertz CT molecular complexity index is 709. The Morgan fingerprint density at radius 1 is 1.41 bits per heavy atom. The van der Waals surface area contributed by atoms with E-state index in [1.807, 2.05) is 4.68 Å². The highest BCUT2D eigenvalue weighted by Gasteiger charge is 2.24. The summed E-state index contributed by atoms with van der Waals surface area (Å²) >= 11 is 3.44. The van der Waals surface area contributed by atoms with Gasteiger partial charge >= 0.3 is 6.09 Å². The van der Waals surface area contributed by atoms with Crippen LogP contribution in [0.4, 0.5) is 10.6 Å². The second-order valence-electron chi connectivity index (χ2n) is 5.60. The maximum absolute atomic E-state index is 11.1. The molecule has 1 aliphatic carbocycles. The second kappa shape index (κ2) is 5.85. The standard InChI is InChI=1S/C14H17BrN4O3/c1-18(14(21)22)12-6-11-10(7-16-12)13(15)17-19(11)8-2-4-9(20)5-3-8/h6-9,20H,2-5H2,1H3,(H,21,22)/t8-,9-. The first-order valence-corrected chi connectivity index (χ1v) is 7.95. The molecule has 0 radical (unpaired) electrons. The number of halogens is 1. The average molecular weight is 369 g/mol. The van der Waals surface area contributed by atoms with Gasteiger partial charge in [0, 0.05) is 19.3 Å². The summed E-state index contributed by atoms with van der Waals surface area (Å²) in [6.07, 6.45) is 3.59. The van der Waals surface area contributed by atoms with Gasteiger partial charge in [-0.15, -0.1) is 0 Å². The minimum absolute atomic E-state index is 0.211. The number of amides is 1. The van der Waals surface area contributed by atoms with E-state index < -0.39 is 6.09 Å². The average Bonchev–Trinajstić information content (AvgIpc) is 2.84. The molecule has 0 aromatic carbocycles. The van der Waals surface area contributed by atoms with Gasteiger partial charge in [-0.2, -0.15) is 5.10 Å². The summed E-state index contributed by atoms with van der Waals surface area (Å²) in [5, 5.41) is 24.1. The number of aliphatic hydroxyl groups excluding tert-OH is 1. The Morgan fingerprint density at radius 2 is 2.09 bits per heavy atom. The van der Waals surface area contributed by atoms with E-state index in [4.69, 9.17) is 5.11 Å². The third kappa shape index (κ3) is 2.68. The molecule has 22 heavy (non-hydrogen) atoms. The van der Waals surface area contributed by atoms with Crippen molar-refractivity contribution in [3.8, 4) is 0 Å². The monoisotopic (exact) mass is 368 g/mol. The SMILES string of the molecule is CN(C(=O)O)c1cc2c(cn1)c(Br)nn2[C@H]1CC[C@H](O)CC1. The Balaban J connectivity index is 2.02. The van der Waals surface area contributed by atoms with Crippen LogP contribution in [-0.2, 0) is 0 Å². The highest BCUT2D eigenvalue weighted by atomic mass is 79.9. The van der Waals surface area contributed by atoms with Crippen molar-refractivity contribution in [3.63, 3.8) is 0 Å². The molecule has 0 unspecified atom stereocenters. The molecule has 1 saturated carbocycles. The van der Waals surface area contributed by atoms with Gasteiger partial charge in [-0.3, -0.25) is 9.58 Å². The van der Waals surface area contributed by atoms with Crippen molar-refractivity contribution in [1.29, 1.82) is 0 Å². The predicted molar refractivity (Wildman–Crippen MR) is 85.2 cm³/mol. The van der Waals surface area contributed by atoms with Gasteiger partial charge in [0.05, 0.1) is 23.0 Å². The number of hydrogen-bond acceptors (Lipinski definition) is 4. The molecule has 8 heteroatoms. The summed E-state index contributed by atoms with van der Waals surface area (Å²) in [6.45, 7) is 0. The zero-order valence-electron chi connectivity index (χ0n) is 12.1. The largest absolute Gasteiger partial charge is 0.465 e. The van der Waals surface area contributed by atoms with E-state index in [0.29, 0.717) is 10.4 Å². The second-order valence-corrected chi connectivity index (χ2v) is 6.35. The van der Waals surface area contributed by atoms with Crippen LogP contribution in [-0.4, -0.2) is 44.2 Å². The van der Waals surface area contributed by atoms with Crippen LogP contribution >= 0.6 is 15.9 Å². The molecule has 1 amide bonds. The molecule has 3 rings (SSSR count). The molecule has 1 aliphatic rings. The lowest BCUT2D eigenvalue weighted by atomic mass is 9.93. The van der Waals surface area contributed by atoms with Crippen molar-refractivity contribution < 1.29 is 15.0 Å². The first-order chi connectivity index (χ1) is 10.5. The van der Waals surface area contributed by atoms with Crippen LogP contribution in [0.2, 0.25) is 0 Å². The number of pyridine rings is 1. The van der Waals surface area contributed by atoms with Gasteiger partial charge in [0.25, 0.3) is 0 Å². The number of hydrogen-bond donors (Lipinski definition) is 2. The molecule has 2 aromatic rings. The van der Waals surface area contributed by atoms with E-state index in [9.17, 15) is 9.90 Å². The molecule has 2 aromatic heterocycles. The molecule has 2 heterocycles. The fourth-order valence-electron chi connectivity index (χ4n) is 2.85. The van der Waals surface area contributed by atoms with Crippen molar-refractivity contribution in [1.82, 2.24) is 14.8 Å². The van der Waals surface area contributed by atoms with Gasteiger partial charge < -0.3 is 10.2 Å². The van der Waals surface area contributed by atoms with Crippen LogP contribution < -0.4 is 4.90 Å². The molecular formula is C14H17BrN4O3. The van der Waals surface area contributed by atoms with Crippen molar-refractivity contribution in [2.24, 2.45) is 0 Å². The van der Waals surface area contributed by atoms with Gasteiger partial charge in [-0.1, -0.05) is 0 Å². The molecule has 0 aliphatic heterocycles. The van der Waals surface area contributed by atoms with Crippen molar-refractivity contribution in [2.45, 2.75) is 37.8 Å². The molecule has 118 valence electrons. The number of anilines is 1. The lowest BCUT2D eigenvalue weighted by Gasteiger charge is -2.26. The number of rotatable bonds is 2. The van der Waals surface area contributed by atoms with Crippen molar-refractivity contribution >= 4 is 38.7 Å². The highest BCUT2D eigenvalue weighted by molar-refractivity contribution is 9.10. The third-order valence-corrected chi connectivity index (χ3v) is 4.76. The highest BCUT2D eigenvalue weighted by Crippen LogP contribution is 2.34. The van der Waals surface area contributed by atoms with Crippen LogP contribution in [0.3, 0.4) is 0 Å². The fraction of sp³-hybridized carbons (Fsp3) is 0.500. The summed E-state index contributed by atoms with van der Waals surface area (Å²) in [5.41, 5.74) is 0.853. The fourth-order valence-corrected chi connectivity index (χ4v) is 3.32. The van der Waals surface area contributed by atoms with E-state index >= 15 is 0 Å². The summed E-state index contributed by atoms with van der Waals surface area (Å²) in [4.78, 5) is 16.4. The summed E-state index contributed by atoms with van der Waals surface area (Å²) in [5.74, 6) is 0.365. The van der Waals surface area contributed by atoms with Crippen LogP contribution in [0.25, 0.3) is 10.9 Å². The minimum atomic E-state index is -1.06. The number of carbonyl (C=O) groups is 1. The minimum Gasteiger partial charge on any atom is -0.465 e. The van der Waals surface area contributed by atoms with Gasteiger partial charge in [0.2, 0.25) is 0 Å². The Morgan fingerprint density at radius 3 is 2.73 bits per heavy atom. The predicted octanol–water partition coefficient (Wildman–Crippen LogP) is 2.78.